The number of fused-ring (bicyclic) bond motifs is 2. The number of rotatable bonds is 12. The van der Waals surface area contributed by atoms with Crippen LogP contribution in [0.3, 0.4) is 0 Å². The van der Waals surface area contributed by atoms with Crippen molar-refractivity contribution in [3.8, 4) is 28.5 Å². The van der Waals surface area contributed by atoms with Crippen molar-refractivity contribution in [1.29, 1.82) is 0 Å². The maximum absolute atomic E-state index is 11.7. The average molecular weight is 639 g/mol. The molecule has 0 aliphatic carbocycles. The summed E-state index contributed by atoms with van der Waals surface area (Å²) in [5.74, 6) is 2.49. The molecule has 1 fully saturated rings. The van der Waals surface area contributed by atoms with Gasteiger partial charge >= 0.3 is 6.09 Å². The van der Waals surface area contributed by atoms with E-state index in [9.17, 15) is 4.79 Å². The minimum Gasteiger partial charge on any atom is -0.494 e. The van der Waals surface area contributed by atoms with Gasteiger partial charge in [0.1, 0.15) is 23.0 Å². The molecule has 11 nitrogen and oxygen atoms in total. The van der Waals surface area contributed by atoms with E-state index in [2.05, 4.69) is 67.8 Å². The highest BCUT2D eigenvalue weighted by atomic mass is 16.6. The van der Waals surface area contributed by atoms with Gasteiger partial charge in [-0.15, -0.1) is 0 Å². The number of carbonyl (C=O) groups is 1. The van der Waals surface area contributed by atoms with Crippen molar-refractivity contribution in [1.82, 2.24) is 35.5 Å². The SMILES string of the molecule is CN1CCN(c2ccc3nc(-c4ccc5nc(-c6ccc(OCCCNCCCNC(=O)OC(C)(C)C)cc6)[nH]c5c4)[nH]c3c2)CC1. The first-order chi connectivity index (χ1) is 22.7. The minimum absolute atomic E-state index is 0.375. The van der Waals surface area contributed by atoms with Crippen LogP contribution in [-0.2, 0) is 4.74 Å². The Morgan fingerprint density at radius 2 is 1.45 bits per heavy atom. The standard InChI is InChI=1S/C36H46N8O3/c1-36(2,3)47-35(45)38-17-5-15-37-16-6-22-46-28-11-7-25(8-12-28)33-39-29-13-9-26(23-31(29)41-33)34-40-30-14-10-27(24-32(30)42-34)44-20-18-43(4)19-21-44/h7-14,23-24,37H,5-6,15-22H2,1-4H3,(H,38,45)(H,39,41)(H,40,42). The van der Waals surface area contributed by atoms with Crippen molar-refractivity contribution in [3.63, 3.8) is 0 Å². The number of carbonyl (C=O) groups excluding carboxylic acids is 1. The third-order valence-electron chi connectivity index (χ3n) is 8.18. The van der Waals surface area contributed by atoms with Gasteiger partial charge < -0.3 is 39.9 Å². The summed E-state index contributed by atoms with van der Waals surface area (Å²) in [5.41, 5.74) is 6.65. The van der Waals surface area contributed by atoms with E-state index in [4.69, 9.17) is 19.4 Å². The van der Waals surface area contributed by atoms with Crippen molar-refractivity contribution < 1.29 is 14.3 Å². The van der Waals surface area contributed by atoms with E-state index in [1.54, 1.807) is 0 Å². The lowest BCUT2D eigenvalue weighted by atomic mass is 10.2. The van der Waals surface area contributed by atoms with Crippen LogP contribution in [0.4, 0.5) is 10.5 Å². The Kier molecular flexibility index (Phi) is 9.93. The smallest absolute Gasteiger partial charge is 0.407 e. The van der Waals surface area contributed by atoms with Crippen molar-refractivity contribution >= 4 is 33.8 Å². The Hall–Kier alpha value is -4.61. The van der Waals surface area contributed by atoms with Gasteiger partial charge in [-0.3, -0.25) is 0 Å². The zero-order chi connectivity index (χ0) is 32.8. The molecule has 5 aromatic rings. The molecule has 0 atom stereocenters. The summed E-state index contributed by atoms with van der Waals surface area (Å²) in [4.78, 5) is 33.2. The summed E-state index contributed by atoms with van der Waals surface area (Å²) >= 11 is 0. The van der Waals surface area contributed by atoms with E-state index in [0.29, 0.717) is 13.2 Å². The maximum atomic E-state index is 11.7. The number of amides is 1. The number of alkyl carbamates (subject to hydrolysis) is 1. The van der Waals surface area contributed by atoms with Crippen molar-refractivity contribution in [2.24, 2.45) is 0 Å². The quantitative estimate of drug-likeness (QED) is 0.127. The molecule has 0 bridgehead atoms. The predicted octanol–water partition coefficient (Wildman–Crippen LogP) is 5.80. The number of aromatic amines is 2. The van der Waals surface area contributed by atoms with Crippen LogP contribution in [0.15, 0.2) is 60.7 Å². The molecular weight excluding hydrogens is 592 g/mol. The Morgan fingerprint density at radius 1 is 0.809 bits per heavy atom. The molecular formula is C36H46N8O3. The number of ether oxygens (including phenoxy) is 2. The fourth-order valence-corrected chi connectivity index (χ4v) is 5.63. The highest BCUT2D eigenvalue weighted by Gasteiger charge is 2.17. The molecule has 0 unspecified atom stereocenters. The first-order valence-electron chi connectivity index (χ1n) is 16.5. The second-order valence-electron chi connectivity index (χ2n) is 13.2. The average Bonchev–Trinajstić information content (AvgIpc) is 3.67. The molecule has 0 spiro atoms. The molecule has 1 amide bonds. The first kappa shape index (κ1) is 32.3. The van der Waals surface area contributed by atoms with Gasteiger partial charge in [-0.2, -0.15) is 0 Å². The number of hydrogen-bond donors (Lipinski definition) is 4. The minimum atomic E-state index is -0.477. The Morgan fingerprint density at radius 3 is 2.17 bits per heavy atom. The topological polar surface area (TPSA) is 123 Å². The molecule has 1 aliphatic heterocycles. The number of benzene rings is 3. The van der Waals surface area contributed by atoms with E-state index < -0.39 is 5.60 Å². The van der Waals surface area contributed by atoms with Crippen molar-refractivity contribution in [3.05, 3.63) is 60.7 Å². The molecule has 11 heteroatoms. The number of anilines is 1. The zero-order valence-corrected chi connectivity index (χ0v) is 27.9. The Bertz CT molecular complexity index is 1780. The highest BCUT2D eigenvalue weighted by Crippen LogP contribution is 2.29. The molecule has 1 aliphatic rings. The van der Waals surface area contributed by atoms with E-state index in [1.165, 1.54) is 5.69 Å². The second kappa shape index (κ2) is 14.4. The highest BCUT2D eigenvalue weighted by molar-refractivity contribution is 5.87. The molecule has 0 saturated carbocycles. The molecule has 3 heterocycles. The van der Waals surface area contributed by atoms with Crippen LogP contribution in [0.1, 0.15) is 33.6 Å². The Labute approximate surface area is 276 Å². The molecule has 4 N–H and O–H groups in total. The second-order valence-corrected chi connectivity index (χ2v) is 13.2. The molecule has 248 valence electrons. The lowest BCUT2D eigenvalue weighted by Crippen LogP contribution is -2.44. The number of likely N-dealkylation sites (N-methyl/N-ethyl adjacent to an activating group) is 1. The van der Waals surface area contributed by atoms with Gasteiger partial charge in [0.2, 0.25) is 0 Å². The lowest BCUT2D eigenvalue weighted by Gasteiger charge is -2.34. The molecule has 6 rings (SSSR count). The summed E-state index contributed by atoms with van der Waals surface area (Å²) in [6, 6.07) is 20.7. The third-order valence-corrected chi connectivity index (χ3v) is 8.18. The number of H-pyrrole nitrogens is 2. The van der Waals surface area contributed by atoms with Gasteiger partial charge in [-0.1, -0.05) is 0 Å². The van der Waals surface area contributed by atoms with Gasteiger partial charge in [-0.05, 0) is 114 Å². The van der Waals surface area contributed by atoms with Gasteiger partial charge in [0, 0.05) is 49.5 Å². The van der Waals surface area contributed by atoms with Gasteiger partial charge in [0.15, 0.2) is 0 Å². The molecule has 3 aromatic carbocycles. The fraction of sp³-hybridized carbons (Fsp3) is 0.417. The summed E-state index contributed by atoms with van der Waals surface area (Å²) < 4.78 is 11.2. The lowest BCUT2D eigenvalue weighted by molar-refractivity contribution is 0.0527. The fourth-order valence-electron chi connectivity index (χ4n) is 5.63. The van der Waals surface area contributed by atoms with Crippen LogP contribution in [0.5, 0.6) is 5.75 Å². The third kappa shape index (κ3) is 8.60. The van der Waals surface area contributed by atoms with Crippen LogP contribution in [0, 0.1) is 0 Å². The number of piperazine rings is 1. The van der Waals surface area contributed by atoms with Crippen LogP contribution in [0.2, 0.25) is 0 Å². The van der Waals surface area contributed by atoms with Gasteiger partial charge in [0.25, 0.3) is 0 Å². The summed E-state index contributed by atoms with van der Waals surface area (Å²) in [7, 11) is 2.18. The summed E-state index contributed by atoms with van der Waals surface area (Å²) in [6.45, 7) is 12.7. The number of nitrogens with zero attached hydrogens (tertiary/aromatic N) is 4. The number of imidazole rings is 2. The van der Waals surface area contributed by atoms with Gasteiger partial charge in [-0.25, -0.2) is 14.8 Å². The van der Waals surface area contributed by atoms with E-state index in [0.717, 1.165) is 103 Å². The van der Waals surface area contributed by atoms with E-state index in [1.807, 2.05) is 51.1 Å². The predicted molar refractivity (Wildman–Crippen MR) is 188 cm³/mol. The van der Waals surface area contributed by atoms with Crippen molar-refractivity contribution in [2.75, 3.05) is 64.4 Å². The van der Waals surface area contributed by atoms with Crippen molar-refractivity contribution in [2.45, 2.75) is 39.2 Å². The normalized spacial score (nSPS) is 14.2. The van der Waals surface area contributed by atoms with Crippen LogP contribution in [0.25, 0.3) is 44.8 Å². The maximum Gasteiger partial charge on any atom is 0.407 e. The largest absolute Gasteiger partial charge is 0.494 e. The summed E-state index contributed by atoms with van der Waals surface area (Å²) in [6.07, 6.45) is 1.35. The zero-order valence-electron chi connectivity index (χ0n) is 27.9. The molecule has 1 saturated heterocycles. The van der Waals surface area contributed by atoms with Crippen LogP contribution in [-0.4, -0.2) is 96.0 Å². The Balaban J connectivity index is 0.976. The van der Waals surface area contributed by atoms with Gasteiger partial charge in [0.05, 0.1) is 28.7 Å². The number of nitrogens with one attached hydrogen (secondary N) is 4. The molecule has 47 heavy (non-hydrogen) atoms. The van der Waals surface area contributed by atoms with E-state index in [-0.39, 0.29) is 6.09 Å². The summed E-state index contributed by atoms with van der Waals surface area (Å²) in [5, 5.41) is 6.15. The monoisotopic (exact) mass is 638 g/mol. The van der Waals surface area contributed by atoms with E-state index >= 15 is 0 Å². The van der Waals surface area contributed by atoms with Crippen LogP contribution >= 0.6 is 0 Å². The van der Waals surface area contributed by atoms with Crippen LogP contribution < -0.4 is 20.3 Å². The number of aromatic nitrogens is 4. The number of hydrogen-bond acceptors (Lipinski definition) is 8. The molecule has 0 radical (unpaired) electrons. The molecule has 2 aromatic heterocycles. The first-order valence-corrected chi connectivity index (χ1v) is 16.5.